The Morgan fingerprint density at radius 3 is 2.53 bits per heavy atom. The van der Waals surface area contributed by atoms with Gasteiger partial charge in [0.2, 0.25) is 11.8 Å². The van der Waals surface area contributed by atoms with Gasteiger partial charge in [-0.3, -0.25) is 14.5 Å². The second kappa shape index (κ2) is 6.89. The first-order valence-corrected chi connectivity index (χ1v) is 7.46. The van der Waals surface area contributed by atoms with Crippen LogP contribution in [0.3, 0.4) is 0 Å². The van der Waals surface area contributed by atoms with Crippen LogP contribution in [0.2, 0.25) is 0 Å². The number of amides is 2. The predicted octanol–water partition coefficient (Wildman–Crippen LogP) is 0.633. The number of nitrogens with one attached hydrogen (secondary N) is 1. The normalized spacial score (nSPS) is 26.0. The lowest BCUT2D eigenvalue weighted by molar-refractivity contribution is -0.129. The smallest absolute Gasteiger partial charge is 0.231 e. The standard InChI is InChI=1S/C14H25N3O2/c15-13(18)10-17-8-4-5-11(9-17)14(19)16-12-6-2-1-3-7-12/h11-12H,1-10H2,(H2,15,18)(H,16,19). The summed E-state index contributed by atoms with van der Waals surface area (Å²) in [6.45, 7) is 1.81. The van der Waals surface area contributed by atoms with Gasteiger partial charge in [0, 0.05) is 12.6 Å². The molecule has 2 aliphatic rings. The summed E-state index contributed by atoms with van der Waals surface area (Å²) in [5.74, 6) is -0.121. The Hall–Kier alpha value is -1.10. The minimum absolute atomic E-state index is 0.0232. The van der Waals surface area contributed by atoms with Crippen LogP contribution < -0.4 is 11.1 Å². The van der Waals surface area contributed by atoms with Crippen molar-refractivity contribution in [2.45, 2.75) is 51.0 Å². The van der Waals surface area contributed by atoms with Crippen LogP contribution in [-0.4, -0.2) is 42.4 Å². The van der Waals surface area contributed by atoms with Crippen LogP contribution in [0.4, 0.5) is 0 Å². The summed E-state index contributed by atoms with van der Waals surface area (Å²) < 4.78 is 0. The van der Waals surface area contributed by atoms with E-state index in [2.05, 4.69) is 5.32 Å². The first-order chi connectivity index (χ1) is 9.15. The molecule has 1 saturated carbocycles. The molecule has 1 heterocycles. The van der Waals surface area contributed by atoms with Crippen LogP contribution in [0, 0.1) is 5.92 Å². The van der Waals surface area contributed by atoms with E-state index in [9.17, 15) is 9.59 Å². The van der Waals surface area contributed by atoms with Crippen molar-refractivity contribution in [1.82, 2.24) is 10.2 Å². The Morgan fingerprint density at radius 2 is 1.84 bits per heavy atom. The van der Waals surface area contributed by atoms with Crippen molar-refractivity contribution in [3.8, 4) is 0 Å². The average Bonchev–Trinajstić information content (AvgIpc) is 2.39. The van der Waals surface area contributed by atoms with E-state index in [-0.39, 0.29) is 24.3 Å². The highest BCUT2D eigenvalue weighted by molar-refractivity contribution is 5.79. The van der Waals surface area contributed by atoms with Crippen LogP contribution in [-0.2, 0) is 9.59 Å². The number of hydrogen-bond acceptors (Lipinski definition) is 3. The van der Waals surface area contributed by atoms with Crippen molar-refractivity contribution in [1.29, 1.82) is 0 Å². The highest BCUT2D eigenvalue weighted by Gasteiger charge is 2.28. The third kappa shape index (κ3) is 4.49. The predicted molar refractivity (Wildman–Crippen MR) is 73.4 cm³/mol. The molecule has 3 N–H and O–H groups in total. The van der Waals surface area contributed by atoms with E-state index in [1.165, 1.54) is 19.3 Å². The molecule has 0 spiro atoms. The summed E-state index contributed by atoms with van der Waals surface area (Å²) in [5.41, 5.74) is 5.21. The summed E-state index contributed by atoms with van der Waals surface area (Å²) in [6, 6.07) is 0.368. The Balaban J connectivity index is 1.79. The molecular formula is C14H25N3O2. The van der Waals surface area contributed by atoms with Gasteiger partial charge in [-0.1, -0.05) is 19.3 Å². The maximum atomic E-state index is 12.2. The lowest BCUT2D eigenvalue weighted by Gasteiger charge is -2.32. The van der Waals surface area contributed by atoms with Crippen molar-refractivity contribution in [3.05, 3.63) is 0 Å². The van der Waals surface area contributed by atoms with Crippen molar-refractivity contribution in [3.63, 3.8) is 0 Å². The van der Waals surface area contributed by atoms with Crippen molar-refractivity contribution in [2.75, 3.05) is 19.6 Å². The molecule has 0 bridgehead atoms. The molecule has 2 amide bonds. The molecule has 1 aliphatic heterocycles. The molecule has 1 unspecified atom stereocenters. The molecule has 0 aromatic heterocycles. The Kier molecular flexibility index (Phi) is 5.19. The van der Waals surface area contributed by atoms with Crippen molar-refractivity contribution >= 4 is 11.8 Å². The zero-order valence-corrected chi connectivity index (χ0v) is 11.6. The number of hydrogen-bond donors (Lipinski definition) is 2. The van der Waals surface area contributed by atoms with Gasteiger partial charge in [-0.05, 0) is 32.2 Å². The summed E-state index contributed by atoms with van der Waals surface area (Å²) in [5, 5.41) is 3.18. The van der Waals surface area contributed by atoms with E-state index in [0.717, 1.165) is 32.2 Å². The zero-order chi connectivity index (χ0) is 13.7. The first kappa shape index (κ1) is 14.3. The van der Waals surface area contributed by atoms with Crippen molar-refractivity contribution < 1.29 is 9.59 Å². The molecular weight excluding hydrogens is 242 g/mol. The average molecular weight is 267 g/mol. The van der Waals surface area contributed by atoms with E-state index in [4.69, 9.17) is 5.73 Å². The number of nitrogens with zero attached hydrogens (tertiary/aromatic N) is 1. The largest absolute Gasteiger partial charge is 0.369 e. The maximum Gasteiger partial charge on any atom is 0.231 e. The number of piperidine rings is 1. The number of carbonyl (C=O) groups excluding carboxylic acids is 2. The van der Waals surface area contributed by atoms with Gasteiger partial charge in [0.15, 0.2) is 0 Å². The fourth-order valence-electron chi connectivity index (χ4n) is 3.20. The fraction of sp³-hybridized carbons (Fsp3) is 0.857. The topological polar surface area (TPSA) is 75.4 Å². The van der Waals surface area contributed by atoms with E-state index >= 15 is 0 Å². The number of rotatable bonds is 4. The van der Waals surface area contributed by atoms with E-state index in [1.807, 2.05) is 4.90 Å². The van der Waals surface area contributed by atoms with E-state index in [1.54, 1.807) is 0 Å². The number of carbonyl (C=O) groups is 2. The number of nitrogens with two attached hydrogens (primary N) is 1. The molecule has 5 nitrogen and oxygen atoms in total. The molecule has 108 valence electrons. The molecule has 0 aromatic rings. The van der Waals surface area contributed by atoms with Crippen LogP contribution in [0.1, 0.15) is 44.9 Å². The fourth-order valence-corrected chi connectivity index (χ4v) is 3.20. The minimum Gasteiger partial charge on any atom is -0.369 e. The van der Waals surface area contributed by atoms with Crippen LogP contribution in [0.15, 0.2) is 0 Å². The first-order valence-electron chi connectivity index (χ1n) is 7.46. The van der Waals surface area contributed by atoms with E-state index in [0.29, 0.717) is 12.6 Å². The van der Waals surface area contributed by atoms with Gasteiger partial charge < -0.3 is 11.1 Å². The molecule has 0 radical (unpaired) electrons. The summed E-state index contributed by atoms with van der Waals surface area (Å²) in [7, 11) is 0. The number of primary amides is 1. The van der Waals surface area contributed by atoms with Gasteiger partial charge in [0.25, 0.3) is 0 Å². The SMILES string of the molecule is NC(=O)CN1CCCC(C(=O)NC2CCCCC2)C1. The van der Waals surface area contributed by atoms with Gasteiger partial charge in [0.05, 0.1) is 12.5 Å². The number of likely N-dealkylation sites (tertiary alicyclic amines) is 1. The van der Waals surface area contributed by atoms with E-state index < -0.39 is 0 Å². The molecule has 0 aromatic carbocycles. The van der Waals surface area contributed by atoms with Gasteiger partial charge in [0.1, 0.15) is 0 Å². The quantitative estimate of drug-likeness (QED) is 0.784. The van der Waals surface area contributed by atoms with Gasteiger partial charge in [-0.25, -0.2) is 0 Å². The second-order valence-electron chi connectivity index (χ2n) is 5.88. The molecule has 1 atom stereocenters. The second-order valence-corrected chi connectivity index (χ2v) is 5.88. The van der Waals surface area contributed by atoms with Gasteiger partial charge in [-0.15, -0.1) is 0 Å². The molecule has 1 aliphatic carbocycles. The Morgan fingerprint density at radius 1 is 1.11 bits per heavy atom. The monoisotopic (exact) mass is 267 g/mol. The Bertz CT molecular complexity index is 327. The summed E-state index contributed by atoms with van der Waals surface area (Å²) in [4.78, 5) is 25.2. The highest BCUT2D eigenvalue weighted by Crippen LogP contribution is 2.20. The van der Waals surface area contributed by atoms with Gasteiger partial charge >= 0.3 is 0 Å². The zero-order valence-electron chi connectivity index (χ0n) is 11.6. The third-order valence-electron chi connectivity index (χ3n) is 4.21. The molecule has 1 saturated heterocycles. The third-order valence-corrected chi connectivity index (χ3v) is 4.21. The molecule has 2 rings (SSSR count). The van der Waals surface area contributed by atoms with Gasteiger partial charge in [-0.2, -0.15) is 0 Å². The highest BCUT2D eigenvalue weighted by atomic mass is 16.2. The minimum atomic E-state index is -0.312. The van der Waals surface area contributed by atoms with Crippen LogP contribution in [0.5, 0.6) is 0 Å². The molecule has 5 heteroatoms. The molecule has 2 fully saturated rings. The molecule has 19 heavy (non-hydrogen) atoms. The van der Waals surface area contributed by atoms with Crippen LogP contribution in [0.25, 0.3) is 0 Å². The Labute approximate surface area is 114 Å². The van der Waals surface area contributed by atoms with Crippen LogP contribution >= 0.6 is 0 Å². The summed E-state index contributed by atoms with van der Waals surface area (Å²) >= 11 is 0. The van der Waals surface area contributed by atoms with Crippen molar-refractivity contribution in [2.24, 2.45) is 11.7 Å². The lowest BCUT2D eigenvalue weighted by Crippen LogP contribution is -2.48. The maximum absolute atomic E-state index is 12.2. The lowest BCUT2D eigenvalue weighted by atomic mass is 9.93. The summed E-state index contributed by atoms with van der Waals surface area (Å²) in [6.07, 6.45) is 7.87.